The van der Waals surface area contributed by atoms with Gasteiger partial charge < -0.3 is 15.0 Å². The fourth-order valence-corrected chi connectivity index (χ4v) is 3.11. The highest BCUT2D eigenvalue weighted by Crippen LogP contribution is 2.15. The van der Waals surface area contributed by atoms with Crippen LogP contribution in [0.2, 0.25) is 0 Å². The lowest BCUT2D eigenvalue weighted by molar-refractivity contribution is 0.0263. The van der Waals surface area contributed by atoms with Crippen molar-refractivity contribution in [2.24, 2.45) is 4.99 Å². The predicted molar refractivity (Wildman–Crippen MR) is 112 cm³/mol. The number of ether oxygens (including phenoxy) is 1. The van der Waals surface area contributed by atoms with Crippen LogP contribution in [0.5, 0.6) is 0 Å². The zero-order valence-electron chi connectivity index (χ0n) is 15.3. The molecule has 5 heteroatoms. The van der Waals surface area contributed by atoms with E-state index in [1.54, 1.807) is 0 Å². The number of nitrogens with one attached hydrogen (secondary N) is 1. The number of piperidine rings is 1. The van der Waals surface area contributed by atoms with E-state index < -0.39 is 0 Å². The van der Waals surface area contributed by atoms with Crippen molar-refractivity contribution >= 4 is 29.9 Å². The molecule has 2 rings (SSSR count). The summed E-state index contributed by atoms with van der Waals surface area (Å²) in [5.41, 5.74) is 2.72. The number of aliphatic imine (C=N–C) groups is 1. The summed E-state index contributed by atoms with van der Waals surface area (Å²) in [4.78, 5) is 7.25. The summed E-state index contributed by atoms with van der Waals surface area (Å²) < 4.78 is 5.74. The van der Waals surface area contributed by atoms with E-state index in [1.807, 2.05) is 0 Å². The molecule has 1 aliphatic rings. The van der Waals surface area contributed by atoms with Gasteiger partial charge in [0.1, 0.15) is 0 Å². The number of nitrogens with zero attached hydrogens (tertiary/aromatic N) is 2. The first-order valence-electron chi connectivity index (χ1n) is 9.00. The van der Waals surface area contributed by atoms with E-state index >= 15 is 0 Å². The van der Waals surface area contributed by atoms with Crippen LogP contribution in [-0.2, 0) is 17.7 Å². The van der Waals surface area contributed by atoms with Gasteiger partial charge in [0.15, 0.2) is 5.96 Å². The van der Waals surface area contributed by atoms with Crippen LogP contribution in [0.25, 0.3) is 0 Å². The third-order valence-corrected chi connectivity index (χ3v) is 4.38. The maximum Gasteiger partial charge on any atom is 0.194 e. The summed E-state index contributed by atoms with van der Waals surface area (Å²) in [5.74, 6) is 1.04. The number of rotatable bonds is 6. The lowest BCUT2D eigenvalue weighted by atomic mass is 10.1. The van der Waals surface area contributed by atoms with E-state index in [0.29, 0.717) is 6.10 Å². The van der Waals surface area contributed by atoms with E-state index in [4.69, 9.17) is 9.73 Å². The Labute approximate surface area is 164 Å². The molecule has 1 heterocycles. The Morgan fingerprint density at radius 1 is 1.17 bits per heavy atom. The van der Waals surface area contributed by atoms with Crippen molar-refractivity contribution in [1.29, 1.82) is 0 Å². The van der Waals surface area contributed by atoms with E-state index in [0.717, 1.165) is 58.0 Å². The summed E-state index contributed by atoms with van der Waals surface area (Å²) in [6.07, 6.45) is 3.65. The fourth-order valence-electron chi connectivity index (χ4n) is 3.11. The number of benzene rings is 1. The van der Waals surface area contributed by atoms with Crippen LogP contribution in [-0.4, -0.2) is 43.2 Å². The van der Waals surface area contributed by atoms with Gasteiger partial charge in [0.05, 0.1) is 12.6 Å². The van der Waals surface area contributed by atoms with E-state index in [9.17, 15) is 0 Å². The maximum atomic E-state index is 5.74. The number of hydrogen-bond acceptors (Lipinski definition) is 2. The largest absolute Gasteiger partial charge is 0.378 e. The van der Waals surface area contributed by atoms with E-state index in [1.165, 1.54) is 11.1 Å². The van der Waals surface area contributed by atoms with Crippen molar-refractivity contribution < 1.29 is 4.74 Å². The Morgan fingerprint density at radius 3 is 2.42 bits per heavy atom. The van der Waals surface area contributed by atoms with Crippen molar-refractivity contribution in [2.75, 3.05) is 26.2 Å². The highest BCUT2D eigenvalue weighted by atomic mass is 127. The number of aryl methyl sites for hydroxylation is 1. The van der Waals surface area contributed by atoms with Crippen molar-refractivity contribution in [2.45, 2.75) is 52.7 Å². The second-order valence-electron chi connectivity index (χ2n) is 5.93. The number of likely N-dealkylation sites (tertiary alicyclic amines) is 1. The molecule has 1 saturated heterocycles. The third-order valence-electron chi connectivity index (χ3n) is 4.38. The lowest BCUT2D eigenvalue weighted by Gasteiger charge is -2.34. The van der Waals surface area contributed by atoms with E-state index in [2.05, 4.69) is 55.3 Å². The molecule has 1 aliphatic heterocycles. The van der Waals surface area contributed by atoms with Gasteiger partial charge in [-0.05, 0) is 44.2 Å². The van der Waals surface area contributed by atoms with Gasteiger partial charge in [-0.1, -0.05) is 31.2 Å². The van der Waals surface area contributed by atoms with Gasteiger partial charge in [0.2, 0.25) is 0 Å². The van der Waals surface area contributed by atoms with Gasteiger partial charge in [-0.2, -0.15) is 0 Å². The Morgan fingerprint density at radius 2 is 1.83 bits per heavy atom. The van der Waals surface area contributed by atoms with Crippen LogP contribution in [0.3, 0.4) is 0 Å². The lowest BCUT2D eigenvalue weighted by Crippen LogP contribution is -2.47. The minimum Gasteiger partial charge on any atom is -0.378 e. The topological polar surface area (TPSA) is 36.9 Å². The second-order valence-corrected chi connectivity index (χ2v) is 5.93. The number of guanidine groups is 1. The summed E-state index contributed by atoms with van der Waals surface area (Å²) >= 11 is 0. The molecule has 0 aliphatic carbocycles. The van der Waals surface area contributed by atoms with Gasteiger partial charge in [-0.15, -0.1) is 24.0 Å². The molecule has 0 radical (unpaired) electrons. The molecule has 0 atom stereocenters. The summed E-state index contributed by atoms with van der Waals surface area (Å²) in [6, 6.07) is 8.60. The zero-order chi connectivity index (χ0) is 16.5. The van der Waals surface area contributed by atoms with E-state index in [-0.39, 0.29) is 24.0 Å². The van der Waals surface area contributed by atoms with Crippen molar-refractivity contribution in [3.05, 3.63) is 35.4 Å². The summed E-state index contributed by atoms with van der Waals surface area (Å²) in [7, 11) is 0. The average Bonchev–Trinajstić information content (AvgIpc) is 2.60. The maximum absolute atomic E-state index is 5.74. The smallest absolute Gasteiger partial charge is 0.194 e. The molecule has 0 aromatic heterocycles. The van der Waals surface area contributed by atoms with Gasteiger partial charge >= 0.3 is 0 Å². The van der Waals surface area contributed by atoms with Gasteiger partial charge in [0, 0.05) is 26.2 Å². The molecular formula is C19H32IN3O. The molecule has 1 N–H and O–H groups in total. The van der Waals surface area contributed by atoms with Crippen molar-refractivity contribution in [1.82, 2.24) is 10.2 Å². The quantitative estimate of drug-likeness (QED) is 0.411. The molecule has 0 amide bonds. The minimum atomic E-state index is 0. The number of hydrogen-bond donors (Lipinski definition) is 1. The fraction of sp³-hybridized carbons (Fsp3) is 0.632. The Kier molecular flexibility index (Phi) is 10.3. The third kappa shape index (κ3) is 6.24. The first kappa shape index (κ1) is 21.2. The van der Waals surface area contributed by atoms with Gasteiger partial charge in [0.25, 0.3) is 0 Å². The molecule has 4 nitrogen and oxygen atoms in total. The van der Waals surface area contributed by atoms with Crippen LogP contribution < -0.4 is 5.32 Å². The molecule has 1 aromatic rings. The Balaban J connectivity index is 0.00000288. The second kappa shape index (κ2) is 11.7. The molecule has 136 valence electrons. The summed E-state index contributed by atoms with van der Waals surface area (Å²) in [6.45, 7) is 10.9. The monoisotopic (exact) mass is 445 g/mol. The first-order chi connectivity index (χ1) is 11.3. The van der Waals surface area contributed by atoms with Gasteiger partial charge in [-0.25, -0.2) is 4.99 Å². The molecule has 0 saturated carbocycles. The predicted octanol–water partition coefficient (Wildman–Crippen LogP) is 3.83. The van der Waals surface area contributed by atoms with Crippen LogP contribution >= 0.6 is 24.0 Å². The minimum absolute atomic E-state index is 0. The standard InChI is InChI=1S/C19H31N3O.HI/c1-4-16-9-7-8-10-17(16)15-21-19(20-5-2)22-13-11-18(12-14-22)23-6-3;/h7-10,18H,4-6,11-15H2,1-3H3,(H,20,21);1H. The van der Waals surface area contributed by atoms with Crippen LogP contribution in [0.15, 0.2) is 29.3 Å². The summed E-state index contributed by atoms with van der Waals surface area (Å²) in [5, 5.41) is 3.44. The molecular weight excluding hydrogens is 413 g/mol. The molecule has 1 aromatic carbocycles. The normalized spacial score (nSPS) is 16.0. The molecule has 0 spiro atoms. The van der Waals surface area contributed by atoms with Crippen molar-refractivity contribution in [3.8, 4) is 0 Å². The average molecular weight is 445 g/mol. The molecule has 0 unspecified atom stereocenters. The number of halogens is 1. The molecule has 24 heavy (non-hydrogen) atoms. The van der Waals surface area contributed by atoms with Gasteiger partial charge in [-0.3, -0.25) is 0 Å². The highest BCUT2D eigenvalue weighted by Gasteiger charge is 2.21. The Bertz CT molecular complexity index is 499. The zero-order valence-corrected chi connectivity index (χ0v) is 17.6. The molecule has 1 fully saturated rings. The SMILES string of the molecule is CCNC(=NCc1ccccc1CC)N1CCC(OCC)CC1.I. The highest BCUT2D eigenvalue weighted by molar-refractivity contribution is 14.0. The Hall–Kier alpha value is -0.820. The van der Waals surface area contributed by atoms with Crippen molar-refractivity contribution in [3.63, 3.8) is 0 Å². The van der Waals surface area contributed by atoms with Crippen LogP contribution in [0.4, 0.5) is 0 Å². The first-order valence-corrected chi connectivity index (χ1v) is 9.00. The van der Waals surface area contributed by atoms with Crippen LogP contribution in [0, 0.1) is 0 Å². The van der Waals surface area contributed by atoms with Crippen LogP contribution in [0.1, 0.15) is 44.7 Å². The molecule has 0 bridgehead atoms.